The minimum atomic E-state index is -1.70. The van der Waals surface area contributed by atoms with E-state index in [1.54, 1.807) is 0 Å². The van der Waals surface area contributed by atoms with E-state index >= 15 is 0 Å². The Morgan fingerprint density at radius 3 is 2.09 bits per heavy atom. The number of halogens is 1. The number of hydrogen-bond acceptors (Lipinski definition) is 2. The second-order valence-corrected chi connectivity index (χ2v) is 13.7. The fourth-order valence-corrected chi connectivity index (χ4v) is 9.84. The first-order valence-electron chi connectivity index (χ1n) is 8.97. The topological polar surface area (TPSA) is 26.3 Å². The van der Waals surface area contributed by atoms with Gasteiger partial charge in [-0.1, -0.05) is 53.7 Å². The summed E-state index contributed by atoms with van der Waals surface area (Å²) in [6.45, 7) is 13.9. The lowest BCUT2D eigenvalue weighted by atomic mass is 10.1. The number of allylic oxidation sites excluding steroid dienone is 1. The molecule has 23 heavy (non-hydrogen) atoms. The summed E-state index contributed by atoms with van der Waals surface area (Å²) in [5, 5.41) is 0. The second-order valence-electron chi connectivity index (χ2n) is 7.57. The molecular formula is C19H33ClO2Si. The molecule has 1 aliphatic rings. The molecule has 132 valence electrons. The first-order valence-corrected chi connectivity index (χ1v) is 11.8. The molecule has 0 fully saturated rings. The van der Waals surface area contributed by atoms with Crippen molar-refractivity contribution in [2.45, 2.75) is 83.8 Å². The third-order valence-electron chi connectivity index (χ3n) is 5.26. The van der Waals surface area contributed by atoms with Gasteiger partial charge in [-0.3, -0.25) is 0 Å². The predicted octanol–water partition coefficient (Wildman–Crippen LogP) is 6.37. The molecule has 0 aromatic carbocycles. The molecule has 0 radical (unpaired) electrons. The van der Waals surface area contributed by atoms with Gasteiger partial charge in [0, 0.05) is 11.5 Å². The van der Waals surface area contributed by atoms with Gasteiger partial charge >= 0.3 is 5.97 Å². The van der Waals surface area contributed by atoms with Crippen molar-refractivity contribution in [3.05, 3.63) is 23.1 Å². The molecule has 1 heterocycles. The van der Waals surface area contributed by atoms with Crippen LogP contribution >= 0.6 is 11.6 Å². The number of carbonyl (C=O) groups is 1. The third-order valence-corrected chi connectivity index (χ3v) is 12.3. The van der Waals surface area contributed by atoms with Gasteiger partial charge in [-0.25, -0.2) is 4.79 Å². The van der Waals surface area contributed by atoms with Crippen LogP contribution in [0.5, 0.6) is 0 Å². The van der Waals surface area contributed by atoms with Crippen molar-refractivity contribution in [2.75, 3.05) is 5.88 Å². The largest absolute Gasteiger partial charge is 0.424 e. The molecule has 4 heteroatoms. The number of unbranched alkanes of at least 4 members (excludes halogenated alkanes) is 2. The Hall–Kier alpha value is -0.543. The van der Waals surface area contributed by atoms with Gasteiger partial charge in [0.15, 0.2) is 0 Å². The Morgan fingerprint density at radius 2 is 1.61 bits per heavy atom. The van der Waals surface area contributed by atoms with Gasteiger partial charge in [-0.2, -0.15) is 0 Å². The number of rotatable bonds is 9. The Balaban J connectivity index is 2.97. The first-order chi connectivity index (χ1) is 10.8. The summed E-state index contributed by atoms with van der Waals surface area (Å²) < 4.78 is 5.58. The van der Waals surface area contributed by atoms with E-state index in [0.29, 0.717) is 22.5 Å². The summed E-state index contributed by atoms with van der Waals surface area (Å²) in [5.74, 6) is 1.34. The van der Waals surface area contributed by atoms with Crippen molar-refractivity contribution in [3.63, 3.8) is 0 Å². The number of carbonyl (C=O) groups excluding carboxylic acids is 1. The van der Waals surface area contributed by atoms with E-state index in [-0.39, 0.29) is 5.97 Å². The third kappa shape index (κ3) is 4.96. The molecule has 0 aromatic heterocycles. The van der Waals surface area contributed by atoms with Crippen molar-refractivity contribution in [3.8, 4) is 0 Å². The standard InChI is InChI=1S/C19H33ClO2Si/c1-14(2)23(15(3)4,16(5)6)13-18-12-17(19(21)22-18)10-8-7-9-11-20/h12-16H,7-11H2,1-6H3/b18-13-. The molecule has 0 N–H and O–H groups in total. The SMILES string of the molecule is CC(C)[Si](/C=C1/C=C(CCCCCCl)C(=O)O1)(C(C)C)C(C)C. The molecule has 0 bridgehead atoms. The number of esters is 1. The van der Waals surface area contributed by atoms with Gasteiger partial charge in [0.1, 0.15) is 5.76 Å². The molecular weight excluding hydrogens is 324 g/mol. The lowest BCUT2D eigenvalue weighted by molar-refractivity contribution is -0.133. The first kappa shape index (κ1) is 20.5. The highest BCUT2D eigenvalue weighted by Crippen LogP contribution is 2.43. The highest BCUT2D eigenvalue weighted by atomic mass is 35.5. The van der Waals surface area contributed by atoms with Crippen LogP contribution < -0.4 is 0 Å². The second kappa shape index (κ2) is 9.07. The van der Waals surface area contributed by atoms with Crippen LogP contribution in [0.1, 0.15) is 67.2 Å². The average molecular weight is 357 g/mol. The minimum Gasteiger partial charge on any atom is -0.424 e. The normalized spacial score (nSPS) is 17.6. The Morgan fingerprint density at radius 1 is 1.04 bits per heavy atom. The molecule has 1 rings (SSSR count). The zero-order valence-electron chi connectivity index (χ0n) is 15.6. The van der Waals surface area contributed by atoms with Gasteiger partial charge in [-0.05, 0) is 42.0 Å². The quantitative estimate of drug-likeness (QED) is 0.207. The minimum absolute atomic E-state index is 0.152. The molecule has 0 spiro atoms. The lowest BCUT2D eigenvalue weighted by Gasteiger charge is -2.40. The summed E-state index contributed by atoms with van der Waals surface area (Å²) in [5.41, 5.74) is 5.03. The molecule has 1 aliphatic heterocycles. The molecule has 0 saturated heterocycles. The van der Waals surface area contributed by atoms with E-state index in [2.05, 4.69) is 47.2 Å². The van der Waals surface area contributed by atoms with Crippen LogP contribution in [-0.2, 0) is 9.53 Å². The maximum Gasteiger partial charge on any atom is 0.339 e. The van der Waals surface area contributed by atoms with Gasteiger partial charge in [0.25, 0.3) is 0 Å². The van der Waals surface area contributed by atoms with E-state index in [0.717, 1.165) is 37.0 Å². The number of hydrogen-bond donors (Lipinski definition) is 0. The zero-order chi connectivity index (χ0) is 17.6. The molecule has 0 unspecified atom stereocenters. The van der Waals surface area contributed by atoms with E-state index in [9.17, 15) is 4.79 Å². The van der Waals surface area contributed by atoms with Crippen LogP contribution in [0.15, 0.2) is 23.1 Å². The van der Waals surface area contributed by atoms with Crippen molar-refractivity contribution >= 4 is 25.6 Å². The van der Waals surface area contributed by atoms with Crippen molar-refractivity contribution in [2.24, 2.45) is 0 Å². The molecule has 0 aromatic rings. The summed E-state index contributed by atoms with van der Waals surface area (Å²) >= 11 is 5.70. The van der Waals surface area contributed by atoms with Crippen LogP contribution in [0.4, 0.5) is 0 Å². The zero-order valence-corrected chi connectivity index (χ0v) is 17.4. The van der Waals surface area contributed by atoms with E-state index in [4.69, 9.17) is 16.3 Å². The van der Waals surface area contributed by atoms with Crippen LogP contribution in [-0.4, -0.2) is 19.9 Å². The fraction of sp³-hybridized carbons (Fsp3) is 0.737. The van der Waals surface area contributed by atoms with E-state index in [1.165, 1.54) is 0 Å². The van der Waals surface area contributed by atoms with E-state index in [1.807, 2.05) is 6.08 Å². The van der Waals surface area contributed by atoms with E-state index < -0.39 is 8.07 Å². The average Bonchev–Trinajstić information content (AvgIpc) is 2.80. The highest BCUT2D eigenvalue weighted by molar-refractivity contribution is 6.88. The van der Waals surface area contributed by atoms with Crippen molar-refractivity contribution in [1.29, 1.82) is 0 Å². The number of ether oxygens (including phenoxy) is 1. The number of cyclic esters (lactones) is 1. The molecule has 0 saturated carbocycles. The van der Waals surface area contributed by atoms with Gasteiger partial charge in [0.05, 0.1) is 8.07 Å². The monoisotopic (exact) mass is 356 g/mol. The summed E-state index contributed by atoms with van der Waals surface area (Å²) in [6, 6.07) is 0. The summed E-state index contributed by atoms with van der Waals surface area (Å²) in [7, 11) is -1.70. The summed E-state index contributed by atoms with van der Waals surface area (Å²) in [4.78, 5) is 12.1. The summed E-state index contributed by atoms with van der Waals surface area (Å²) in [6.07, 6.45) is 5.86. The smallest absolute Gasteiger partial charge is 0.339 e. The van der Waals surface area contributed by atoms with Gasteiger partial charge in [-0.15, -0.1) is 11.6 Å². The van der Waals surface area contributed by atoms with Crippen LogP contribution in [0.25, 0.3) is 0 Å². The Kier molecular flexibility index (Phi) is 8.09. The van der Waals surface area contributed by atoms with Crippen molar-refractivity contribution < 1.29 is 9.53 Å². The lowest BCUT2D eigenvalue weighted by Crippen LogP contribution is -2.43. The molecule has 0 aliphatic carbocycles. The van der Waals surface area contributed by atoms with Crippen LogP contribution in [0.3, 0.4) is 0 Å². The van der Waals surface area contributed by atoms with Gasteiger partial charge < -0.3 is 4.74 Å². The predicted molar refractivity (Wildman–Crippen MR) is 102 cm³/mol. The fourth-order valence-electron chi connectivity index (χ4n) is 4.01. The Bertz CT molecular complexity index is 442. The van der Waals surface area contributed by atoms with Crippen LogP contribution in [0, 0.1) is 0 Å². The maximum absolute atomic E-state index is 12.1. The molecule has 0 amide bonds. The Labute approximate surface area is 148 Å². The highest BCUT2D eigenvalue weighted by Gasteiger charge is 2.42. The molecule has 2 nitrogen and oxygen atoms in total. The van der Waals surface area contributed by atoms with Crippen LogP contribution in [0.2, 0.25) is 16.6 Å². The van der Waals surface area contributed by atoms with Crippen molar-refractivity contribution in [1.82, 2.24) is 0 Å². The maximum atomic E-state index is 12.1. The van der Waals surface area contributed by atoms with Gasteiger partial charge in [0.2, 0.25) is 0 Å². The molecule has 0 atom stereocenters. The number of alkyl halides is 1.